The van der Waals surface area contributed by atoms with Gasteiger partial charge in [-0.15, -0.1) is 0 Å². The maximum absolute atomic E-state index is 11.8. The van der Waals surface area contributed by atoms with Gasteiger partial charge in [-0.05, 0) is 48.1 Å². The van der Waals surface area contributed by atoms with Gasteiger partial charge in [-0.1, -0.05) is 68.0 Å². The van der Waals surface area contributed by atoms with Crippen LogP contribution < -0.4 is 4.74 Å². The third kappa shape index (κ3) is 4.64. The van der Waals surface area contributed by atoms with Gasteiger partial charge in [0.1, 0.15) is 11.4 Å². The first-order valence-electron chi connectivity index (χ1n) is 10.8. The Labute approximate surface area is 182 Å². The molecule has 0 fully saturated rings. The molecule has 0 unspecified atom stereocenters. The maximum atomic E-state index is 11.8. The summed E-state index contributed by atoms with van der Waals surface area (Å²) < 4.78 is 7.91. The molecule has 4 aromatic rings. The second-order valence-electron chi connectivity index (χ2n) is 7.67. The second-order valence-corrected chi connectivity index (χ2v) is 7.67. The largest absolute Gasteiger partial charge is 0.493 e. The maximum Gasteiger partial charge on any atom is 0.352 e. The third-order valence-electron chi connectivity index (χ3n) is 5.44. The van der Waals surface area contributed by atoms with E-state index in [9.17, 15) is 9.90 Å². The molecule has 4 nitrogen and oxygen atoms in total. The summed E-state index contributed by atoms with van der Waals surface area (Å²) in [7, 11) is 0. The number of allylic oxidation sites excluding steroid dienone is 1. The minimum atomic E-state index is -0.908. The average molecular weight is 414 g/mol. The van der Waals surface area contributed by atoms with Crippen molar-refractivity contribution in [1.29, 1.82) is 0 Å². The molecule has 3 aromatic carbocycles. The number of rotatable bonds is 9. The minimum Gasteiger partial charge on any atom is -0.493 e. The topological polar surface area (TPSA) is 51.5 Å². The van der Waals surface area contributed by atoms with E-state index in [1.807, 2.05) is 41.0 Å². The predicted molar refractivity (Wildman–Crippen MR) is 127 cm³/mol. The van der Waals surface area contributed by atoms with E-state index in [0.717, 1.165) is 45.8 Å². The molecule has 0 saturated heterocycles. The number of unbranched alkanes of at least 4 members (excludes halogenated alkanes) is 1. The highest BCUT2D eigenvalue weighted by Crippen LogP contribution is 2.26. The van der Waals surface area contributed by atoms with E-state index in [0.29, 0.717) is 25.3 Å². The van der Waals surface area contributed by atoms with Crippen LogP contribution in [0.25, 0.3) is 27.8 Å². The molecular formula is C27H27NO3. The number of carboxylic acids is 1. The number of aryl methyl sites for hydroxylation is 1. The number of aromatic carboxylic acids is 1. The Balaban J connectivity index is 1.49. The number of hydrogen-bond donors (Lipinski definition) is 1. The van der Waals surface area contributed by atoms with Crippen molar-refractivity contribution in [3.8, 4) is 5.75 Å². The Morgan fingerprint density at radius 3 is 2.71 bits per heavy atom. The number of aromatic nitrogens is 1. The fourth-order valence-electron chi connectivity index (χ4n) is 3.92. The van der Waals surface area contributed by atoms with E-state index in [-0.39, 0.29) is 0 Å². The summed E-state index contributed by atoms with van der Waals surface area (Å²) in [5.41, 5.74) is 2.35. The van der Waals surface area contributed by atoms with Crippen LogP contribution in [0.5, 0.6) is 5.75 Å². The van der Waals surface area contributed by atoms with Gasteiger partial charge in [0.25, 0.3) is 0 Å². The lowest BCUT2D eigenvalue weighted by Gasteiger charge is -2.11. The molecule has 31 heavy (non-hydrogen) atoms. The van der Waals surface area contributed by atoms with Gasteiger partial charge in [0.2, 0.25) is 0 Å². The summed E-state index contributed by atoms with van der Waals surface area (Å²) in [6.45, 7) is 3.25. The molecule has 0 atom stereocenters. The number of hydrogen-bond acceptors (Lipinski definition) is 2. The van der Waals surface area contributed by atoms with E-state index < -0.39 is 5.97 Å². The smallest absolute Gasteiger partial charge is 0.352 e. The average Bonchev–Trinajstić information content (AvgIpc) is 3.15. The lowest BCUT2D eigenvalue weighted by Crippen LogP contribution is -2.11. The van der Waals surface area contributed by atoms with Gasteiger partial charge < -0.3 is 14.4 Å². The summed E-state index contributed by atoms with van der Waals surface area (Å²) in [5.74, 6) is -0.0494. The van der Waals surface area contributed by atoms with Crippen molar-refractivity contribution >= 4 is 33.7 Å². The highest BCUT2D eigenvalue weighted by Gasteiger charge is 2.14. The minimum absolute atomic E-state index is 0.315. The molecular weight excluding hydrogens is 386 g/mol. The van der Waals surface area contributed by atoms with E-state index in [1.54, 1.807) is 6.07 Å². The molecule has 1 heterocycles. The van der Waals surface area contributed by atoms with E-state index in [1.165, 1.54) is 0 Å². The van der Waals surface area contributed by atoms with Gasteiger partial charge in [-0.25, -0.2) is 4.79 Å². The number of ether oxygens (including phenoxy) is 1. The van der Waals surface area contributed by atoms with Crippen LogP contribution >= 0.6 is 0 Å². The van der Waals surface area contributed by atoms with Gasteiger partial charge in [0.15, 0.2) is 0 Å². The quantitative estimate of drug-likeness (QED) is 0.308. The summed E-state index contributed by atoms with van der Waals surface area (Å²) in [6.07, 6.45) is 7.11. The zero-order chi connectivity index (χ0) is 21.6. The van der Waals surface area contributed by atoms with Crippen molar-refractivity contribution in [3.05, 3.63) is 84.1 Å². The number of carboxylic acid groups (broad SMARTS) is 1. The predicted octanol–water partition coefficient (Wildman–Crippen LogP) is 6.78. The molecule has 0 saturated carbocycles. The van der Waals surface area contributed by atoms with Crippen LogP contribution in [-0.2, 0) is 6.54 Å². The fraction of sp³-hybridized carbons (Fsp3) is 0.222. The molecule has 0 aliphatic heterocycles. The lowest BCUT2D eigenvalue weighted by atomic mass is 10.1. The SMILES string of the molecule is CCCC=Cc1ccc2c(c1)cc(C(=O)O)n2CCCOc1cccc2ccccc12. The molecule has 4 heteroatoms. The van der Waals surface area contributed by atoms with Crippen molar-refractivity contribution in [1.82, 2.24) is 4.57 Å². The Kier molecular flexibility index (Phi) is 6.37. The lowest BCUT2D eigenvalue weighted by molar-refractivity contribution is 0.0685. The normalized spacial score (nSPS) is 11.5. The second kappa shape index (κ2) is 9.52. The highest BCUT2D eigenvalue weighted by atomic mass is 16.5. The molecule has 0 amide bonds. The van der Waals surface area contributed by atoms with E-state index in [4.69, 9.17) is 4.74 Å². The van der Waals surface area contributed by atoms with Crippen molar-refractivity contribution in [2.45, 2.75) is 32.7 Å². The summed E-state index contributed by atoms with van der Waals surface area (Å²) in [5, 5.41) is 12.9. The zero-order valence-corrected chi connectivity index (χ0v) is 17.8. The molecule has 0 spiro atoms. The molecule has 0 bridgehead atoms. The molecule has 4 rings (SSSR count). The van der Waals surface area contributed by atoms with Crippen molar-refractivity contribution in [2.24, 2.45) is 0 Å². The standard InChI is InChI=1S/C27H27NO3/c1-2-3-4-9-20-14-15-24-22(18-20)19-25(27(29)30)28(24)16-8-17-31-26-13-7-11-21-10-5-6-12-23(21)26/h4-7,9-15,18-19H,2-3,8,16-17H2,1H3,(H,29,30). The Bertz CT molecular complexity index is 1230. The first kappa shape index (κ1) is 20.7. The van der Waals surface area contributed by atoms with Gasteiger partial charge in [0.05, 0.1) is 6.61 Å². The molecule has 158 valence electrons. The molecule has 0 aliphatic rings. The van der Waals surface area contributed by atoms with Crippen LogP contribution in [0.1, 0.15) is 42.2 Å². The van der Waals surface area contributed by atoms with Crippen LogP contribution in [0.2, 0.25) is 0 Å². The first-order valence-corrected chi connectivity index (χ1v) is 10.8. The van der Waals surface area contributed by atoms with Crippen LogP contribution in [-0.4, -0.2) is 22.2 Å². The highest BCUT2D eigenvalue weighted by molar-refractivity contribution is 5.95. The van der Waals surface area contributed by atoms with Gasteiger partial charge in [0, 0.05) is 22.8 Å². The van der Waals surface area contributed by atoms with Crippen LogP contribution in [0.4, 0.5) is 0 Å². The van der Waals surface area contributed by atoms with Crippen LogP contribution in [0, 0.1) is 0 Å². The third-order valence-corrected chi connectivity index (χ3v) is 5.44. The van der Waals surface area contributed by atoms with Gasteiger partial charge >= 0.3 is 5.97 Å². The Hall–Kier alpha value is -3.53. The van der Waals surface area contributed by atoms with Crippen LogP contribution in [0.3, 0.4) is 0 Å². The van der Waals surface area contributed by atoms with E-state index in [2.05, 4.69) is 43.3 Å². The number of fused-ring (bicyclic) bond motifs is 2. The fourth-order valence-corrected chi connectivity index (χ4v) is 3.92. The summed E-state index contributed by atoms with van der Waals surface area (Å²) in [4.78, 5) is 11.8. The molecule has 0 aliphatic carbocycles. The van der Waals surface area contributed by atoms with E-state index >= 15 is 0 Å². The molecule has 1 aromatic heterocycles. The van der Waals surface area contributed by atoms with Gasteiger partial charge in [-0.2, -0.15) is 0 Å². The van der Waals surface area contributed by atoms with Crippen molar-refractivity contribution < 1.29 is 14.6 Å². The number of benzene rings is 3. The van der Waals surface area contributed by atoms with Crippen molar-refractivity contribution in [2.75, 3.05) is 6.61 Å². The monoisotopic (exact) mass is 413 g/mol. The molecule has 1 N–H and O–H groups in total. The Morgan fingerprint density at radius 2 is 1.87 bits per heavy atom. The zero-order valence-electron chi connectivity index (χ0n) is 17.8. The summed E-state index contributed by atoms with van der Waals surface area (Å²) >= 11 is 0. The summed E-state index contributed by atoms with van der Waals surface area (Å²) in [6, 6.07) is 22.1. The van der Waals surface area contributed by atoms with Crippen LogP contribution in [0.15, 0.2) is 72.8 Å². The number of nitrogens with zero attached hydrogens (tertiary/aromatic N) is 1. The van der Waals surface area contributed by atoms with Gasteiger partial charge in [-0.3, -0.25) is 0 Å². The number of carbonyl (C=O) groups is 1. The van der Waals surface area contributed by atoms with Crippen molar-refractivity contribution in [3.63, 3.8) is 0 Å². The Morgan fingerprint density at radius 1 is 1.03 bits per heavy atom. The first-order chi connectivity index (χ1) is 15.2. The molecule has 0 radical (unpaired) electrons.